The molecule has 2 aromatic rings. The summed E-state index contributed by atoms with van der Waals surface area (Å²) >= 11 is 0. The Hall–Kier alpha value is -2.82. The third-order valence-electron chi connectivity index (χ3n) is 5.31. The molecule has 0 fully saturated rings. The van der Waals surface area contributed by atoms with Crippen molar-refractivity contribution in [2.45, 2.75) is 30.8 Å². The van der Waals surface area contributed by atoms with E-state index in [2.05, 4.69) is 23.3 Å². The van der Waals surface area contributed by atoms with E-state index in [9.17, 15) is 21.6 Å². The Balaban J connectivity index is 1.84. The molecule has 1 heterocycles. The zero-order valence-corrected chi connectivity index (χ0v) is 18.8. The first kappa shape index (κ1) is 23.8. The number of halogens is 3. The summed E-state index contributed by atoms with van der Waals surface area (Å²) in [4.78, 5) is 2.40. The monoisotopic (exact) mass is 459 g/mol. The van der Waals surface area contributed by atoms with Crippen LogP contribution in [-0.2, 0) is 16.0 Å². The van der Waals surface area contributed by atoms with Crippen molar-refractivity contribution in [3.8, 4) is 11.8 Å². The minimum absolute atomic E-state index is 0.127. The highest BCUT2D eigenvalue weighted by Crippen LogP contribution is 2.43. The molecule has 0 unspecified atom stereocenters. The molecule has 0 radical (unpaired) electrons. The molecule has 1 aliphatic heterocycles. The minimum atomic E-state index is -4.45. The molecule has 0 bridgehead atoms. The van der Waals surface area contributed by atoms with E-state index >= 15 is 0 Å². The molecule has 0 saturated carbocycles. The summed E-state index contributed by atoms with van der Waals surface area (Å²) in [6.07, 6.45) is -1.04. The van der Waals surface area contributed by atoms with E-state index in [-0.39, 0.29) is 9.80 Å². The Morgan fingerprint density at radius 1 is 1.12 bits per heavy atom. The van der Waals surface area contributed by atoms with Gasteiger partial charge in [0.15, 0.2) is 0 Å². The summed E-state index contributed by atoms with van der Waals surface area (Å²) in [5.41, 5.74) is 1.16. The van der Waals surface area contributed by atoms with Crippen molar-refractivity contribution in [3.05, 3.63) is 82.3 Å². The van der Waals surface area contributed by atoms with Crippen molar-refractivity contribution in [1.29, 1.82) is 0 Å². The molecule has 0 N–H and O–H groups in total. The predicted molar refractivity (Wildman–Crippen MR) is 121 cm³/mol. The number of sulfone groups is 1. The third kappa shape index (κ3) is 4.98. The van der Waals surface area contributed by atoms with Crippen LogP contribution in [0.25, 0.3) is 5.57 Å². The van der Waals surface area contributed by atoms with Gasteiger partial charge < -0.3 is 4.90 Å². The van der Waals surface area contributed by atoms with E-state index in [1.807, 2.05) is 13.1 Å². The molecule has 0 aliphatic carbocycles. The Morgan fingerprint density at radius 3 is 2.44 bits per heavy atom. The van der Waals surface area contributed by atoms with Crippen LogP contribution in [0.3, 0.4) is 0 Å². The second kappa shape index (κ2) is 9.35. The standard InChI is InChI=1S/C25H24F3NO2S/c1-4-15-29(3)16-7-5-6-8-19-9-14-22-23(17-19)32(30,31)18(2)24(22)20-10-12-21(13-11-20)25(26,27)28/h4,9-14,17H,1,5,7,15-16H2,2-3H3. The Kier molecular flexibility index (Phi) is 6.97. The molecule has 3 rings (SSSR count). The largest absolute Gasteiger partial charge is 0.416 e. The van der Waals surface area contributed by atoms with E-state index in [1.54, 1.807) is 18.2 Å². The number of fused-ring (bicyclic) bond motifs is 1. The zero-order chi connectivity index (χ0) is 23.5. The van der Waals surface area contributed by atoms with Gasteiger partial charge in [-0.2, -0.15) is 13.2 Å². The number of rotatable bonds is 6. The highest BCUT2D eigenvalue weighted by molar-refractivity contribution is 7.95. The van der Waals surface area contributed by atoms with E-state index in [0.29, 0.717) is 28.7 Å². The quantitative estimate of drug-likeness (QED) is 0.324. The molecule has 1 aliphatic rings. The van der Waals surface area contributed by atoms with Gasteiger partial charge in [0.1, 0.15) is 0 Å². The lowest BCUT2D eigenvalue weighted by Gasteiger charge is -2.12. The molecule has 0 amide bonds. The van der Waals surface area contributed by atoms with Crippen molar-refractivity contribution < 1.29 is 21.6 Å². The second-order valence-electron chi connectivity index (χ2n) is 7.68. The fraction of sp³-hybridized carbons (Fsp3) is 0.280. The molecule has 7 heteroatoms. The summed E-state index contributed by atoms with van der Waals surface area (Å²) in [6.45, 7) is 6.88. The lowest BCUT2D eigenvalue weighted by Crippen LogP contribution is -2.19. The van der Waals surface area contributed by atoms with Gasteiger partial charge in [-0.25, -0.2) is 8.42 Å². The topological polar surface area (TPSA) is 37.4 Å². The molecule has 0 saturated heterocycles. The van der Waals surface area contributed by atoms with Gasteiger partial charge in [-0.05, 0) is 56.8 Å². The maximum Gasteiger partial charge on any atom is 0.416 e. The van der Waals surface area contributed by atoms with Crippen LogP contribution in [-0.4, -0.2) is 33.5 Å². The van der Waals surface area contributed by atoms with Gasteiger partial charge in [0.05, 0.1) is 15.4 Å². The van der Waals surface area contributed by atoms with E-state index in [1.165, 1.54) is 19.1 Å². The van der Waals surface area contributed by atoms with E-state index in [0.717, 1.165) is 31.6 Å². The molecule has 0 spiro atoms. The SMILES string of the molecule is C=CCN(C)CCCC#Cc1ccc2c(c1)S(=O)(=O)C(C)=C2c1ccc(C(F)(F)F)cc1. The maximum atomic E-state index is 13.0. The molecular weight excluding hydrogens is 435 g/mol. The van der Waals surface area contributed by atoms with Gasteiger partial charge in [0, 0.05) is 29.7 Å². The van der Waals surface area contributed by atoms with Gasteiger partial charge in [-0.15, -0.1) is 6.58 Å². The van der Waals surface area contributed by atoms with Gasteiger partial charge in [-0.3, -0.25) is 0 Å². The molecule has 0 aromatic heterocycles. The van der Waals surface area contributed by atoms with Gasteiger partial charge in [0.25, 0.3) is 0 Å². The average molecular weight is 460 g/mol. The molecule has 168 valence electrons. The number of likely N-dealkylation sites (N-methyl/N-ethyl adjacent to an activating group) is 1. The minimum Gasteiger partial charge on any atom is -0.303 e. The van der Waals surface area contributed by atoms with Crippen molar-refractivity contribution >= 4 is 15.4 Å². The smallest absolute Gasteiger partial charge is 0.303 e. The van der Waals surface area contributed by atoms with E-state index < -0.39 is 21.6 Å². The van der Waals surface area contributed by atoms with Crippen LogP contribution in [0.5, 0.6) is 0 Å². The fourth-order valence-corrected chi connectivity index (χ4v) is 5.18. The Bertz CT molecular complexity index is 1210. The van der Waals surface area contributed by atoms with Crippen LogP contribution >= 0.6 is 0 Å². The van der Waals surface area contributed by atoms with Crippen LogP contribution in [0.4, 0.5) is 13.2 Å². The first-order valence-corrected chi connectivity index (χ1v) is 11.6. The molecule has 3 nitrogen and oxygen atoms in total. The van der Waals surface area contributed by atoms with Crippen LogP contribution in [0.1, 0.15) is 42.0 Å². The number of nitrogens with zero attached hydrogens (tertiary/aromatic N) is 1. The van der Waals surface area contributed by atoms with Gasteiger partial charge >= 0.3 is 6.18 Å². The van der Waals surface area contributed by atoms with Crippen molar-refractivity contribution in [3.63, 3.8) is 0 Å². The highest BCUT2D eigenvalue weighted by Gasteiger charge is 2.34. The molecule has 2 aromatic carbocycles. The summed E-state index contributed by atoms with van der Waals surface area (Å²) in [6, 6.07) is 9.51. The fourth-order valence-electron chi connectivity index (χ4n) is 3.62. The molecule has 0 atom stereocenters. The lowest BCUT2D eigenvalue weighted by molar-refractivity contribution is -0.137. The van der Waals surface area contributed by atoms with E-state index in [4.69, 9.17) is 0 Å². The van der Waals surface area contributed by atoms with Crippen LogP contribution in [0.15, 0.2) is 64.9 Å². The second-order valence-corrected chi connectivity index (χ2v) is 9.74. The number of unbranched alkanes of at least 4 members (excludes halogenated alkanes) is 1. The number of alkyl halides is 3. The van der Waals surface area contributed by atoms with Crippen molar-refractivity contribution in [2.75, 3.05) is 20.1 Å². The first-order valence-electron chi connectivity index (χ1n) is 10.1. The van der Waals surface area contributed by atoms with Crippen molar-refractivity contribution in [1.82, 2.24) is 4.90 Å². The summed E-state index contributed by atoms with van der Waals surface area (Å²) in [7, 11) is -1.72. The maximum absolute atomic E-state index is 13.0. The Morgan fingerprint density at radius 2 is 1.81 bits per heavy atom. The first-order chi connectivity index (χ1) is 15.1. The number of allylic oxidation sites excluding steroid dienone is 1. The third-order valence-corrected chi connectivity index (χ3v) is 7.24. The zero-order valence-electron chi connectivity index (χ0n) is 18.0. The normalized spacial score (nSPS) is 14.8. The van der Waals surface area contributed by atoms with Gasteiger partial charge in [-0.1, -0.05) is 36.1 Å². The van der Waals surface area contributed by atoms with Gasteiger partial charge in [0.2, 0.25) is 9.84 Å². The molecular formula is C25H24F3NO2S. The van der Waals surface area contributed by atoms with Crippen LogP contribution in [0, 0.1) is 11.8 Å². The number of benzene rings is 2. The van der Waals surface area contributed by atoms with Crippen LogP contribution in [0.2, 0.25) is 0 Å². The molecule has 32 heavy (non-hydrogen) atoms. The lowest BCUT2D eigenvalue weighted by atomic mass is 9.96. The summed E-state index contributed by atoms with van der Waals surface area (Å²) < 4.78 is 64.5. The average Bonchev–Trinajstić information content (AvgIpc) is 2.93. The van der Waals surface area contributed by atoms with Crippen molar-refractivity contribution in [2.24, 2.45) is 0 Å². The summed E-state index contributed by atoms with van der Waals surface area (Å²) in [5.74, 6) is 6.09. The number of hydrogen-bond acceptors (Lipinski definition) is 3. The van der Waals surface area contributed by atoms with Crippen LogP contribution < -0.4 is 0 Å². The summed E-state index contributed by atoms with van der Waals surface area (Å²) in [5, 5.41) is 0. The highest BCUT2D eigenvalue weighted by atomic mass is 32.2. The number of hydrogen-bond donors (Lipinski definition) is 0. The predicted octanol–water partition coefficient (Wildman–Crippen LogP) is 5.52. The Labute approximate surface area is 187 Å².